The Hall–Kier alpha value is -5.23. The van der Waals surface area contributed by atoms with Crippen molar-refractivity contribution < 1.29 is 45.4 Å². The van der Waals surface area contributed by atoms with Gasteiger partial charge >= 0.3 is 6.18 Å². The number of nitrogens with zero attached hydrogens (tertiary/aromatic N) is 3. The molecular formula is C45H51F3N6O7S2. The van der Waals surface area contributed by atoms with E-state index in [1.54, 1.807) is 13.2 Å². The predicted molar refractivity (Wildman–Crippen MR) is 233 cm³/mol. The lowest BCUT2D eigenvalue weighted by atomic mass is 10.0. The van der Waals surface area contributed by atoms with Crippen molar-refractivity contribution in [1.82, 2.24) is 24.9 Å². The molecule has 3 amide bonds. The van der Waals surface area contributed by atoms with E-state index in [4.69, 9.17) is 19.4 Å². The van der Waals surface area contributed by atoms with E-state index in [0.29, 0.717) is 70.9 Å². The number of fused-ring (bicyclic) bond motifs is 3. The van der Waals surface area contributed by atoms with E-state index < -0.39 is 74.4 Å². The fraction of sp³-hybridized carbons (Fsp3) is 0.489. The number of carbonyl (C=O) groups is 3. The first-order valence-electron chi connectivity index (χ1n) is 21.4. The molecule has 0 bridgehead atoms. The number of thiazole rings is 1. The molecule has 4 aromatic rings. The average Bonchev–Trinajstić information content (AvgIpc) is 4.12. The van der Waals surface area contributed by atoms with Crippen molar-refractivity contribution in [3.05, 3.63) is 76.8 Å². The summed E-state index contributed by atoms with van der Waals surface area (Å²) in [5.41, 5.74) is 0.777. The Balaban J connectivity index is 1.15. The number of rotatable bonds is 10. The monoisotopic (exact) mass is 908 g/mol. The number of sulfonamides is 1. The highest BCUT2D eigenvalue weighted by Crippen LogP contribution is 2.46. The van der Waals surface area contributed by atoms with Gasteiger partial charge < -0.3 is 25.0 Å². The molecule has 2 saturated carbocycles. The van der Waals surface area contributed by atoms with Crippen LogP contribution in [0.1, 0.15) is 94.4 Å². The lowest BCUT2D eigenvalue weighted by molar-refractivity contribution is -0.140. The zero-order valence-corrected chi connectivity index (χ0v) is 37.1. The molecule has 4 aliphatic rings. The number of anilines is 1. The third-order valence-electron chi connectivity index (χ3n) is 12.4. The largest absolute Gasteiger partial charge is 0.496 e. The van der Waals surface area contributed by atoms with Crippen molar-refractivity contribution in [3.63, 3.8) is 0 Å². The standard InChI is InChI=1S/C45H51F3N6O7S2/c1-25(2)35-24-62-41(51-35)34-21-38(32-18-19-37(60-4)26(3)39(32)50-34)61-30-20-36-40(55)52-44(43(57)53-63(58,59)31-16-17-31)22-28(44)10-8-6-5-7-9-11-33(42(56)54(36)23-30)49-29-14-12-27(13-15-29)45(46,47)48/h8,10,12-15,18-19,21,24-25,28,30-31,33,36,49H,5-7,9,11,16-17,20,22-23H2,1-4H3,(H,52,55)(H,53,57)/b10-8-/t28-,30-,33+,36+,44-/m1/s1. The second kappa shape index (κ2) is 17.4. The maximum absolute atomic E-state index is 14.9. The van der Waals surface area contributed by atoms with Gasteiger partial charge in [-0.25, -0.2) is 18.4 Å². The number of aromatic nitrogens is 2. The van der Waals surface area contributed by atoms with Gasteiger partial charge in [-0.2, -0.15) is 13.2 Å². The molecular weight excluding hydrogens is 858 g/mol. The average molecular weight is 909 g/mol. The van der Waals surface area contributed by atoms with Crippen LogP contribution in [0.2, 0.25) is 0 Å². The summed E-state index contributed by atoms with van der Waals surface area (Å²) < 4.78 is 81.0. The number of hydrogen-bond donors (Lipinski definition) is 3. The molecule has 3 N–H and O–H groups in total. The molecule has 2 aliphatic heterocycles. The number of aryl methyl sites for hydroxylation is 1. The number of alkyl halides is 3. The summed E-state index contributed by atoms with van der Waals surface area (Å²) in [5, 5.41) is 8.72. The van der Waals surface area contributed by atoms with E-state index in [9.17, 15) is 36.0 Å². The Bertz CT molecular complexity index is 2540. The molecule has 2 aliphatic carbocycles. The molecule has 18 heteroatoms. The van der Waals surface area contributed by atoms with E-state index in [-0.39, 0.29) is 25.3 Å². The van der Waals surface area contributed by atoms with Crippen LogP contribution in [0.4, 0.5) is 18.9 Å². The van der Waals surface area contributed by atoms with Gasteiger partial charge in [0, 0.05) is 40.4 Å². The van der Waals surface area contributed by atoms with E-state index in [1.807, 2.05) is 36.6 Å². The van der Waals surface area contributed by atoms with E-state index in [1.165, 1.54) is 28.4 Å². The highest BCUT2D eigenvalue weighted by molar-refractivity contribution is 7.91. The van der Waals surface area contributed by atoms with E-state index in [2.05, 4.69) is 29.2 Å². The number of amides is 3. The van der Waals surface area contributed by atoms with Crippen molar-refractivity contribution in [1.29, 1.82) is 0 Å². The first kappa shape index (κ1) is 44.4. The van der Waals surface area contributed by atoms with Gasteiger partial charge in [-0.3, -0.25) is 19.1 Å². The minimum atomic E-state index is -4.54. The van der Waals surface area contributed by atoms with Crippen molar-refractivity contribution >= 4 is 55.7 Å². The van der Waals surface area contributed by atoms with Crippen LogP contribution in [0.25, 0.3) is 21.6 Å². The van der Waals surface area contributed by atoms with Crippen molar-refractivity contribution in [3.8, 4) is 22.2 Å². The van der Waals surface area contributed by atoms with Gasteiger partial charge in [-0.15, -0.1) is 11.3 Å². The van der Waals surface area contributed by atoms with Crippen LogP contribution in [-0.4, -0.2) is 83.6 Å². The lowest BCUT2D eigenvalue weighted by Crippen LogP contribution is -2.57. The van der Waals surface area contributed by atoms with Gasteiger partial charge in [0.2, 0.25) is 21.8 Å². The third-order valence-corrected chi connectivity index (χ3v) is 15.1. The minimum Gasteiger partial charge on any atom is -0.496 e. The number of carbonyl (C=O) groups excluding carboxylic acids is 3. The summed E-state index contributed by atoms with van der Waals surface area (Å²) in [6.07, 6.45) is 2.58. The lowest BCUT2D eigenvalue weighted by Gasteiger charge is -2.30. The second-order valence-electron chi connectivity index (χ2n) is 17.3. The van der Waals surface area contributed by atoms with Crippen molar-refractivity contribution in [2.75, 3.05) is 19.0 Å². The number of methoxy groups -OCH3 is 1. The molecule has 1 saturated heterocycles. The van der Waals surface area contributed by atoms with Gasteiger partial charge in [0.25, 0.3) is 5.91 Å². The smallest absolute Gasteiger partial charge is 0.416 e. The Labute approximate surface area is 368 Å². The van der Waals surface area contributed by atoms with Crippen LogP contribution in [0.3, 0.4) is 0 Å². The number of benzene rings is 2. The Kier molecular flexibility index (Phi) is 12.2. The minimum absolute atomic E-state index is 0.00614. The summed E-state index contributed by atoms with van der Waals surface area (Å²) in [7, 11) is -2.37. The Morgan fingerprint density at radius 2 is 1.79 bits per heavy atom. The summed E-state index contributed by atoms with van der Waals surface area (Å²) >= 11 is 1.45. The number of halogens is 3. The normalized spacial score (nSPS) is 25.0. The highest BCUT2D eigenvalue weighted by atomic mass is 32.2. The van der Waals surface area contributed by atoms with Gasteiger partial charge in [0.15, 0.2) is 0 Å². The van der Waals surface area contributed by atoms with Crippen LogP contribution in [-0.2, 0) is 30.6 Å². The topological polar surface area (TPSA) is 169 Å². The van der Waals surface area contributed by atoms with Crippen LogP contribution in [0.15, 0.2) is 60.0 Å². The number of pyridine rings is 1. The fourth-order valence-corrected chi connectivity index (χ4v) is 10.8. The maximum Gasteiger partial charge on any atom is 0.416 e. The molecule has 5 atom stereocenters. The third kappa shape index (κ3) is 9.38. The van der Waals surface area contributed by atoms with E-state index >= 15 is 0 Å². The molecule has 4 heterocycles. The summed E-state index contributed by atoms with van der Waals surface area (Å²) in [6.45, 7) is 5.95. The molecule has 2 aromatic carbocycles. The summed E-state index contributed by atoms with van der Waals surface area (Å²) in [6, 6.07) is 7.79. The number of nitrogens with one attached hydrogen (secondary N) is 3. The van der Waals surface area contributed by atoms with Gasteiger partial charge in [0.05, 0.1) is 35.7 Å². The van der Waals surface area contributed by atoms with Gasteiger partial charge in [-0.1, -0.05) is 38.8 Å². The molecule has 0 radical (unpaired) electrons. The quantitative estimate of drug-likeness (QED) is 0.135. The molecule has 336 valence electrons. The van der Waals surface area contributed by atoms with Crippen LogP contribution >= 0.6 is 11.3 Å². The SMILES string of the molecule is COc1ccc2c(O[C@@H]3C[C@H]4C(=O)N[C@]5(C(=O)NS(=O)(=O)C6CC6)C[C@H]5/C=C\CCCCC[C@H](Nc5ccc(C(F)(F)F)cc5)C(=O)N4C3)cc(-c3nc(C(C)C)cs3)nc2c1C. The summed E-state index contributed by atoms with van der Waals surface area (Å²) in [5.74, 6) is -1.17. The van der Waals surface area contributed by atoms with E-state index in [0.717, 1.165) is 36.2 Å². The zero-order chi connectivity index (χ0) is 44.8. The Morgan fingerprint density at radius 1 is 1.03 bits per heavy atom. The predicted octanol–water partition coefficient (Wildman–Crippen LogP) is 7.65. The van der Waals surface area contributed by atoms with Crippen LogP contribution < -0.4 is 24.8 Å². The van der Waals surface area contributed by atoms with Gasteiger partial charge in [0.1, 0.15) is 45.9 Å². The molecule has 63 heavy (non-hydrogen) atoms. The molecule has 0 spiro atoms. The first-order chi connectivity index (χ1) is 30.0. The van der Waals surface area contributed by atoms with Crippen molar-refractivity contribution in [2.24, 2.45) is 5.92 Å². The number of hydrogen-bond acceptors (Lipinski definition) is 11. The number of ether oxygens (including phenoxy) is 2. The molecule has 8 rings (SSSR count). The zero-order valence-electron chi connectivity index (χ0n) is 35.5. The fourth-order valence-electron chi connectivity index (χ4n) is 8.46. The first-order valence-corrected chi connectivity index (χ1v) is 23.8. The van der Waals surface area contributed by atoms with Crippen LogP contribution in [0, 0.1) is 12.8 Å². The molecule has 2 aromatic heterocycles. The number of allylic oxidation sites excluding steroid dienone is 1. The summed E-state index contributed by atoms with van der Waals surface area (Å²) in [4.78, 5) is 54.7. The van der Waals surface area contributed by atoms with Crippen LogP contribution in [0.5, 0.6) is 11.5 Å². The highest BCUT2D eigenvalue weighted by Gasteiger charge is 2.62. The maximum atomic E-state index is 14.9. The van der Waals surface area contributed by atoms with Gasteiger partial charge in [-0.05, 0) is 87.8 Å². The molecule has 13 nitrogen and oxygen atoms in total. The van der Waals surface area contributed by atoms with Crippen molar-refractivity contribution in [2.45, 2.75) is 120 Å². The molecule has 0 unspecified atom stereocenters. The second-order valence-corrected chi connectivity index (χ2v) is 20.1. The molecule has 3 fully saturated rings. The Morgan fingerprint density at radius 3 is 2.48 bits per heavy atom.